The lowest BCUT2D eigenvalue weighted by Gasteiger charge is -2.27. The van der Waals surface area contributed by atoms with Crippen molar-refractivity contribution in [3.63, 3.8) is 0 Å². The van der Waals surface area contributed by atoms with E-state index in [2.05, 4.69) is 6.07 Å². The first kappa shape index (κ1) is 13.2. The lowest BCUT2D eigenvalue weighted by molar-refractivity contribution is 0.0575. The number of carbonyl (C=O) groups is 1. The molecule has 3 nitrogen and oxygen atoms in total. The van der Waals surface area contributed by atoms with Crippen molar-refractivity contribution in [2.45, 2.75) is 25.2 Å². The number of ketones is 1. The normalized spacial score (nSPS) is 15.4. The molecule has 0 amide bonds. The van der Waals surface area contributed by atoms with E-state index < -0.39 is 0 Å². The van der Waals surface area contributed by atoms with E-state index in [0.717, 1.165) is 5.56 Å². The second-order valence-corrected chi connectivity index (χ2v) is 4.68. The third-order valence-electron chi connectivity index (χ3n) is 3.47. The fourth-order valence-corrected chi connectivity index (χ4v) is 2.21. The van der Waals surface area contributed by atoms with Gasteiger partial charge >= 0.3 is 0 Å². The lowest BCUT2D eigenvalue weighted by Crippen LogP contribution is -2.17. The van der Waals surface area contributed by atoms with Crippen LogP contribution in [0.2, 0.25) is 0 Å². The molecular weight excluding hydrogens is 228 g/mol. The Morgan fingerprint density at radius 1 is 1.28 bits per heavy atom. The van der Waals surface area contributed by atoms with E-state index in [1.54, 1.807) is 7.11 Å². The summed E-state index contributed by atoms with van der Waals surface area (Å²) in [5.41, 5.74) is 2.03. The van der Waals surface area contributed by atoms with Crippen molar-refractivity contribution >= 4 is 5.78 Å². The Bertz CT molecular complexity index is 396. The first-order chi connectivity index (χ1) is 8.83. The fourth-order valence-electron chi connectivity index (χ4n) is 2.21. The van der Waals surface area contributed by atoms with Crippen LogP contribution in [0.25, 0.3) is 0 Å². The van der Waals surface area contributed by atoms with Crippen molar-refractivity contribution in [3.05, 3.63) is 35.4 Å². The monoisotopic (exact) mass is 248 g/mol. The molecule has 0 aliphatic heterocycles. The highest BCUT2D eigenvalue weighted by atomic mass is 16.5. The molecule has 0 spiro atoms. The van der Waals surface area contributed by atoms with Crippen LogP contribution in [0.15, 0.2) is 24.3 Å². The molecule has 0 saturated heterocycles. The molecule has 0 aromatic heterocycles. The van der Waals surface area contributed by atoms with Crippen molar-refractivity contribution in [2.24, 2.45) is 0 Å². The smallest absolute Gasteiger partial charge is 0.188 e. The summed E-state index contributed by atoms with van der Waals surface area (Å²) in [7, 11) is 1.62. The van der Waals surface area contributed by atoms with Gasteiger partial charge in [0, 0.05) is 12.7 Å². The van der Waals surface area contributed by atoms with Crippen LogP contribution in [0, 0.1) is 0 Å². The van der Waals surface area contributed by atoms with E-state index in [9.17, 15) is 4.79 Å². The quantitative estimate of drug-likeness (QED) is 0.550. The molecule has 2 rings (SSSR count). The summed E-state index contributed by atoms with van der Waals surface area (Å²) in [4.78, 5) is 12.1. The first-order valence-electron chi connectivity index (χ1n) is 6.51. The number of hydrogen-bond donors (Lipinski definition) is 0. The highest BCUT2D eigenvalue weighted by Gasteiger charge is 2.23. The van der Waals surface area contributed by atoms with Gasteiger partial charge in [0.1, 0.15) is 6.61 Å². The Kier molecular flexibility index (Phi) is 4.90. The largest absolute Gasteiger partial charge is 0.382 e. The number of ether oxygens (including phenoxy) is 2. The fraction of sp³-hybridized carbons (Fsp3) is 0.533. The van der Waals surface area contributed by atoms with Gasteiger partial charge in [0.15, 0.2) is 5.78 Å². The number of carbonyl (C=O) groups excluding carboxylic acids is 1. The Hall–Kier alpha value is -1.19. The average molecular weight is 248 g/mol. The van der Waals surface area contributed by atoms with Crippen LogP contribution >= 0.6 is 0 Å². The zero-order valence-electron chi connectivity index (χ0n) is 10.9. The maximum Gasteiger partial charge on any atom is 0.188 e. The van der Waals surface area contributed by atoms with Gasteiger partial charge in [-0.2, -0.15) is 0 Å². The minimum absolute atomic E-state index is 0.0774. The number of hydrogen-bond acceptors (Lipinski definition) is 3. The Labute approximate surface area is 108 Å². The van der Waals surface area contributed by atoms with E-state index >= 15 is 0 Å². The van der Waals surface area contributed by atoms with E-state index in [4.69, 9.17) is 9.47 Å². The average Bonchev–Trinajstić information content (AvgIpc) is 2.33. The molecule has 1 aromatic carbocycles. The number of benzene rings is 1. The Balaban J connectivity index is 1.96. The van der Waals surface area contributed by atoms with Crippen molar-refractivity contribution in [2.75, 3.05) is 26.9 Å². The summed E-state index contributed by atoms with van der Waals surface area (Å²) in [6.07, 6.45) is 3.68. The number of methoxy groups -OCH3 is 1. The van der Waals surface area contributed by atoms with Gasteiger partial charge in [-0.25, -0.2) is 0 Å². The lowest BCUT2D eigenvalue weighted by atomic mass is 9.77. The second-order valence-electron chi connectivity index (χ2n) is 4.68. The maximum atomic E-state index is 12.1. The van der Waals surface area contributed by atoms with Crippen molar-refractivity contribution in [1.82, 2.24) is 0 Å². The minimum Gasteiger partial charge on any atom is -0.382 e. The molecule has 1 fully saturated rings. The van der Waals surface area contributed by atoms with Crippen LogP contribution in [0.3, 0.4) is 0 Å². The molecule has 98 valence electrons. The predicted octanol–water partition coefficient (Wildman–Crippen LogP) is 2.80. The van der Waals surface area contributed by atoms with Crippen LogP contribution in [-0.4, -0.2) is 32.7 Å². The van der Waals surface area contributed by atoms with Crippen LogP contribution in [-0.2, 0) is 9.47 Å². The topological polar surface area (TPSA) is 35.5 Å². The van der Waals surface area contributed by atoms with Gasteiger partial charge in [0.05, 0.1) is 13.2 Å². The zero-order chi connectivity index (χ0) is 12.8. The summed E-state index contributed by atoms with van der Waals surface area (Å²) in [5, 5.41) is 0. The van der Waals surface area contributed by atoms with E-state index in [0.29, 0.717) is 19.1 Å². The van der Waals surface area contributed by atoms with Crippen molar-refractivity contribution in [3.8, 4) is 0 Å². The molecule has 18 heavy (non-hydrogen) atoms. The van der Waals surface area contributed by atoms with Gasteiger partial charge in [-0.05, 0) is 24.3 Å². The van der Waals surface area contributed by atoms with Crippen molar-refractivity contribution in [1.29, 1.82) is 0 Å². The third-order valence-corrected chi connectivity index (χ3v) is 3.47. The molecule has 1 aromatic rings. The molecule has 0 atom stereocenters. The van der Waals surface area contributed by atoms with E-state index in [1.165, 1.54) is 24.8 Å². The molecule has 0 N–H and O–H groups in total. The Morgan fingerprint density at radius 3 is 2.72 bits per heavy atom. The van der Waals surface area contributed by atoms with Gasteiger partial charge < -0.3 is 9.47 Å². The second kappa shape index (κ2) is 6.66. The van der Waals surface area contributed by atoms with Gasteiger partial charge in [-0.15, -0.1) is 0 Å². The summed E-state index contributed by atoms with van der Waals surface area (Å²) < 4.78 is 10.2. The summed E-state index contributed by atoms with van der Waals surface area (Å²) in [5.74, 6) is 0.651. The van der Waals surface area contributed by atoms with Gasteiger partial charge in [0.25, 0.3) is 0 Å². The molecule has 1 saturated carbocycles. The molecule has 3 heteroatoms. The van der Waals surface area contributed by atoms with Crippen LogP contribution in [0.4, 0.5) is 0 Å². The predicted molar refractivity (Wildman–Crippen MR) is 70.1 cm³/mol. The SMILES string of the molecule is COCCOCC(=O)c1ccccc1C1CCC1. The molecule has 1 aliphatic carbocycles. The Morgan fingerprint density at radius 2 is 2.06 bits per heavy atom. The highest BCUT2D eigenvalue weighted by Crippen LogP contribution is 2.37. The van der Waals surface area contributed by atoms with Gasteiger partial charge in [-0.3, -0.25) is 4.79 Å². The van der Waals surface area contributed by atoms with E-state index in [-0.39, 0.29) is 12.4 Å². The summed E-state index contributed by atoms with van der Waals surface area (Å²) in [6, 6.07) is 7.92. The maximum absolute atomic E-state index is 12.1. The minimum atomic E-state index is 0.0774. The number of Topliss-reactive ketones (excluding diaryl/α,β-unsaturated/α-hetero) is 1. The standard InChI is InChI=1S/C15H20O3/c1-17-9-10-18-11-15(16)14-8-3-2-7-13(14)12-5-4-6-12/h2-3,7-8,12H,4-6,9-11H2,1H3. The van der Waals surface area contributed by atoms with Gasteiger partial charge in [-0.1, -0.05) is 30.7 Å². The number of rotatable bonds is 7. The molecule has 0 radical (unpaired) electrons. The first-order valence-corrected chi connectivity index (χ1v) is 6.51. The molecule has 0 unspecified atom stereocenters. The van der Waals surface area contributed by atoms with Crippen LogP contribution in [0.5, 0.6) is 0 Å². The molecule has 0 heterocycles. The summed E-state index contributed by atoms with van der Waals surface area (Å²) >= 11 is 0. The third kappa shape index (κ3) is 3.18. The van der Waals surface area contributed by atoms with E-state index in [1.807, 2.05) is 18.2 Å². The summed E-state index contributed by atoms with van der Waals surface area (Å²) in [6.45, 7) is 1.14. The molecule has 1 aliphatic rings. The van der Waals surface area contributed by atoms with Crippen LogP contribution in [0.1, 0.15) is 41.1 Å². The zero-order valence-corrected chi connectivity index (χ0v) is 10.9. The molecule has 0 bridgehead atoms. The highest BCUT2D eigenvalue weighted by molar-refractivity contribution is 5.98. The van der Waals surface area contributed by atoms with Crippen LogP contribution < -0.4 is 0 Å². The van der Waals surface area contributed by atoms with Gasteiger partial charge in [0.2, 0.25) is 0 Å². The van der Waals surface area contributed by atoms with Crippen molar-refractivity contribution < 1.29 is 14.3 Å². The molecular formula is C15H20O3.